The first-order valence-electron chi connectivity index (χ1n) is 10.5. The number of methoxy groups -OCH3 is 1. The number of aromatic amines is 1. The van der Waals surface area contributed by atoms with Crippen LogP contribution in [0.5, 0.6) is 11.5 Å². The molecular weight excluding hydrogens is 488 g/mol. The number of H-pyrrole nitrogens is 1. The third-order valence-corrected chi connectivity index (χ3v) is 4.55. The maximum absolute atomic E-state index is 14.2. The zero-order valence-corrected chi connectivity index (χ0v) is 19.4. The van der Waals surface area contributed by atoms with Gasteiger partial charge >= 0.3 is 6.36 Å². The van der Waals surface area contributed by atoms with Crippen molar-refractivity contribution in [3.05, 3.63) is 70.0 Å². The Labute approximate surface area is 202 Å². The molecular formula is C23H22F4N4O5. The Hall–Kier alpha value is -4.00. The average Bonchev–Trinajstić information content (AvgIpc) is 2.79. The first-order valence-corrected chi connectivity index (χ1v) is 10.5. The van der Waals surface area contributed by atoms with Gasteiger partial charge in [-0.3, -0.25) is 9.59 Å². The number of hydrogen-bond donors (Lipinski definition) is 2. The van der Waals surface area contributed by atoms with E-state index in [1.807, 2.05) is 13.8 Å². The molecule has 1 amide bonds. The van der Waals surface area contributed by atoms with Crippen molar-refractivity contribution in [2.24, 2.45) is 0 Å². The van der Waals surface area contributed by atoms with Gasteiger partial charge in [-0.25, -0.2) is 14.4 Å². The fourth-order valence-corrected chi connectivity index (χ4v) is 3.12. The molecule has 0 aliphatic carbocycles. The van der Waals surface area contributed by atoms with Gasteiger partial charge in [-0.15, -0.1) is 13.2 Å². The quantitative estimate of drug-likeness (QED) is 0.421. The molecule has 0 aliphatic heterocycles. The van der Waals surface area contributed by atoms with Crippen LogP contribution in [0.15, 0.2) is 47.4 Å². The van der Waals surface area contributed by atoms with Crippen LogP contribution in [0.25, 0.3) is 11.5 Å². The van der Waals surface area contributed by atoms with Gasteiger partial charge < -0.3 is 24.5 Å². The molecule has 0 saturated heterocycles. The minimum Gasteiger partial charge on any atom is -0.489 e. The van der Waals surface area contributed by atoms with Crippen molar-refractivity contribution < 1.29 is 36.6 Å². The lowest BCUT2D eigenvalue weighted by atomic mass is 10.1. The molecule has 0 fully saturated rings. The zero-order chi connectivity index (χ0) is 26.5. The summed E-state index contributed by atoms with van der Waals surface area (Å²) in [5.41, 5.74) is -0.521. The lowest BCUT2D eigenvalue weighted by molar-refractivity contribution is -0.275. The minimum absolute atomic E-state index is 0.0201. The molecule has 1 aromatic carbocycles. The zero-order valence-electron chi connectivity index (χ0n) is 19.4. The second-order valence-electron chi connectivity index (χ2n) is 7.74. The molecule has 1 atom stereocenters. The molecule has 0 saturated carbocycles. The van der Waals surface area contributed by atoms with E-state index < -0.39 is 35.4 Å². The molecule has 2 N–H and O–H groups in total. The highest BCUT2D eigenvalue weighted by atomic mass is 19.4. The summed E-state index contributed by atoms with van der Waals surface area (Å²) in [6.45, 7) is 3.55. The van der Waals surface area contributed by atoms with Crippen molar-refractivity contribution >= 4 is 5.91 Å². The van der Waals surface area contributed by atoms with E-state index in [-0.39, 0.29) is 35.5 Å². The van der Waals surface area contributed by atoms with Crippen molar-refractivity contribution in [1.29, 1.82) is 0 Å². The second kappa shape index (κ2) is 11.2. The van der Waals surface area contributed by atoms with E-state index in [0.29, 0.717) is 5.75 Å². The number of alkyl halides is 3. The van der Waals surface area contributed by atoms with E-state index in [9.17, 15) is 27.2 Å². The number of rotatable bonds is 9. The molecule has 9 nitrogen and oxygen atoms in total. The van der Waals surface area contributed by atoms with Crippen molar-refractivity contribution in [3.8, 4) is 23.0 Å². The fraction of sp³-hybridized carbons (Fsp3) is 0.304. The van der Waals surface area contributed by atoms with Crippen LogP contribution in [-0.2, 0) is 4.74 Å². The molecule has 0 bridgehead atoms. The molecule has 2 aromatic heterocycles. The van der Waals surface area contributed by atoms with E-state index in [4.69, 9.17) is 9.47 Å². The second-order valence-corrected chi connectivity index (χ2v) is 7.74. The first-order chi connectivity index (χ1) is 16.9. The monoisotopic (exact) mass is 510 g/mol. The van der Waals surface area contributed by atoms with Crippen molar-refractivity contribution in [2.75, 3.05) is 13.7 Å². The summed E-state index contributed by atoms with van der Waals surface area (Å²) >= 11 is 0. The number of nitrogens with one attached hydrogen (secondary N) is 2. The Bertz CT molecular complexity index is 1260. The van der Waals surface area contributed by atoms with Crippen LogP contribution in [0.3, 0.4) is 0 Å². The topological polar surface area (TPSA) is 115 Å². The van der Waals surface area contributed by atoms with Crippen molar-refractivity contribution in [2.45, 2.75) is 32.4 Å². The molecule has 13 heteroatoms. The van der Waals surface area contributed by atoms with Crippen LogP contribution in [0.2, 0.25) is 0 Å². The lowest BCUT2D eigenvalue weighted by Gasteiger charge is -2.19. The number of halogens is 4. The number of carbonyl (C=O) groups excluding carboxylic acids is 1. The molecule has 0 spiro atoms. The predicted molar refractivity (Wildman–Crippen MR) is 119 cm³/mol. The van der Waals surface area contributed by atoms with Crippen LogP contribution >= 0.6 is 0 Å². The Balaban J connectivity index is 1.83. The molecule has 0 radical (unpaired) electrons. The average molecular weight is 510 g/mol. The van der Waals surface area contributed by atoms with Crippen LogP contribution < -0.4 is 20.3 Å². The number of hydrogen-bond acceptors (Lipinski definition) is 7. The predicted octanol–water partition coefficient (Wildman–Crippen LogP) is 3.77. The molecule has 192 valence electrons. The third-order valence-electron chi connectivity index (χ3n) is 4.55. The minimum atomic E-state index is -5.07. The van der Waals surface area contributed by atoms with Crippen LogP contribution in [0.1, 0.15) is 35.9 Å². The Morgan fingerprint density at radius 1 is 1.17 bits per heavy atom. The summed E-state index contributed by atoms with van der Waals surface area (Å²) in [4.78, 5) is 35.9. The van der Waals surface area contributed by atoms with Crippen LogP contribution in [-0.4, -0.2) is 47.0 Å². The van der Waals surface area contributed by atoms with E-state index in [2.05, 4.69) is 25.0 Å². The fourth-order valence-electron chi connectivity index (χ4n) is 3.12. The molecule has 2 heterocycles. The number of aromatic nitrogens is 3. The highest BCUT2D eigenvalue weighted by Gasteiger charge is 2.32. The van der Waals surface area contributed by atoms with E-state index in [1.165, 1.54) is 13.3 Å². The van der Waals surface area contributed by atoms with Gasteiger partial charge in [0.05, 0.1) is 24.9 Å². The van der Waals surface area contributed by atoms with E-state index >= 15 is 0 Å². The number of pyridine rings is 1. The summed E-state index contributed by atoms with van der Waals surface area (Å²) in [6, 6.07) is 5.88. The van der Waals surface area contributed by atoms with Gasteiger partial charge in [0, 0.05) is 13.2 Å². The standard InChI is InChI=1S/C23H22F4N4O5/c1-12(2)35-14-5-6-16(28-10-14)21-29-17(9-20(32)31-21)22(33)30-18(11-34-3)13-4-7-19(15(24)8-13)36-23(25,26)27/h4-10,12,18H,11H2,1-3H3,(H,30,33)(H,29,31,32)/t18-/m1/s1. The smallest absolute Gasteiger partial charge is 0.489 e. The Kier molecular flexibility index (Phi) is 8.25. The van der Waals surface area contributed by atoms with E-state index in [1.54, 1.807) is 12.1 Å². The summed E-state index contributed by atoms with van der Waals surface area (Å²) in [5.74, 6) is -2.59. The maximum atomic E-state index is 14.2. The van der Waals surface area contributed by atoms with Gasteiger partial charge in [-0.2, -0.15) is 0 Å². The molecule has 0 unspecified atom stereocenters. The maximum Gasteiger partial charge on any atom is 0.573 e. The molecule has 36 heavy (non-hydrogen) atoms. The van der Waals surface area contributed by atoms with Gasteiger partial charge in [0.15, 0.2) is 17.4 Å². The highest BCUT2D eigenvalue weighted by molar-refractivity contribution is 5.92. The first kappa shape index (κ1) is 26.6. The number of carbonyl (C=O) groups is 1. The normalized spacial score (nSPS) is 12.3. The Morgan fingerprint density at radius 2 is 1.92 bits per heavy atom. The summed E-state index contributed by atoms with van der Waals surface area (Å²) in [6.07, 6.45) is -3.69. The number of ether oxygens (including phenoxy) is 3. The lowest BCUT2D eigenvalue weighted by Crippen LogP contribution is -2.33. The van der Waals surface area contributed by atoms with E-state index in [0.717, 1.165) is 24.3 Å². The van der Waals surface area contributed by atoms with Crippen LogP contribution in [0.4, 0.5) is 17.6 Å². The largest absolute Gasteiger partial charge is 0.573 e. The van der Waals surface area contributed by atoms with Gasteiger partial charge in [0.25, 0.3) is 11.5 Å². The van der Waals surface area contributed by atoms with Gasteiger partial charge in [-0.1, -0.05) is 6.07 Å². The number of benzene rings is 1. The SMILES string of the molecule is COC[C@@H](NC(=O)c1cc(=O)[nH]c(-c2ccc(OC(C)C)cn2)n1)c1ccc(OC(F)(F)F)c(F)c1. The van der Waals surface area contributed by atoms with Crippen LogP contribution in [0, 0.1) is 5.82 Å². The number of amides is 1. The Morgan fingerprint density at radius 3 is 2.50 bits per heavy atom. The molecule has 3 rings (SSSR count). The highest BCUT2D eigenvalue weighted by Crippen LogP contribution is 2.28. The molecule has 3 aromatic rings. The van der Waals surface area contributed by atoms with Gasteiger partial charge in [-0.05, 0) is 43.7 Å². The van der Waals surface area contributed by atoms with Crippen molar-refractivity contribution in [3.63, 3.8) is 0 Å². The third kappa shape index (κ3) is 7.25. The van der Waals surface area contributed by atoms with Gasteiger partial charge in [0.1, 0.15) is 17.1 Å². The summed E-state index contributed by atoms with van der Waals surface area (Å²) in [7, 11) is 1.32. The summed E-state index contributed by atoms with van der Waals surface area (Å²) in [5, 5.41) is 2.53. The van der Waals surface area contributed by atoms with Crippen molar-refractivity contribution in [1.82, 2.24) is 20.3 Å². The van der Waals surface area contributed by atoms with Gasteiger partial charge in [0.2, 0.25) is 0 Å². The molecule has 0 aliphatic rings. The summed E-state index contributed by atoms with van der Waals surface area (Å²) < 4.78 is 65.6. The number of nitrogens with zero attached hydrogens (tertiary/aromatic N) is 2.